The van der Waals surface area contributed by atoms with Gasteiger partial charge in [0.15, 0.2) is 5.89 Å². The molecule has 4 nitrogen and oxygen atoms in total. The summed E-state index contributed by atoms with van der Waals surface area (Å²) in [7, 11) is 0. The molecule has 3 rings (SSSR count). The van der Waals surface area contributed by atoms with Gasteiger partial charge in [0.1, 0.15) is 10.4 Å². The molecule has 1 aliphatic carbocycles. The Balaban J connectivity index is 1.91. The van der Waals surface area contributed by atoms with Crippen molar-refractivity contribution in [2.75, 3.05) is 0 Å². The lowest BCUT2D eigenvalue weighted by Crippen LogP contribution is -2.04. The molecule has 0 bridgehead atoms. The molecule has 2 aromatic heterocycles. The highest BCUT2D eigenvalue weighted by atomic mass is 32.1. The van der Waals surface area contributed by atoms with Gasteiger partial charge in [0.2, 0.25) is 4.90 Å². The fourth-order valence-corrected chi connectivity index (χ4v) is 3.18. The highest BCUT2D eigenvalue weighted by Crippen LogP contribution is 2.35. The summed E-state index contributed by atoms with van der Waals surface area (Å²) in [5.74, 6) is 0.307. The van der Waals surface area contributed by atoms with Gasteiger partial charge in [0, 0.05) is 5.92 Å². The minimum Gasteiger partial charge on any atom is -0.477 e. The Kier molecular flexibility index (Phi) is 2.63. The minimum absolute atomic E-state index is 0.293. The van der Waals surface area contributed by atoms with E-state index in [9.17, 15) is 4.79 Å². The van der Waals surface area contributed by atoms with Gasteiger partial charge in [-0.3, -0.25) is 0 Å². The van der Waals surface area contributed by atoms with Crippen LogP contribution in [0.1, 0.15) is 53.6 Å². The van der Waals surface area contributed by atoms with E-state index in [0.717, 1.165) is 30.1 Å². The summed E-state index contributed by atoms with van der Waals surface area (Å²) < 4.78 is 5.68. The molecule has 0 aromatic carbocycles. The number of aromatic carboxylic acids is 1. The predicted octanol–water partition coefficient (Wildman–Crippen LogP) is 3.64. The molecule has 2 heterocycles. The summed E-state index contributed by atoms with van der Waals surface area (Å²) in [6.45, 7) is 0. The third-order valence-electron chi connectivity index (χ3n) is 3.27. The molecular weight excluding hydrogens is 238 g/mol. The average molecular weight is 251 g/mol. The number of hydrogen-bond donors (Lipinski definition) is 1. The Labute approximate surface area is 102 Å². The van der Waals surface area contributed by atoms with E-state index in [4.69, 9.17) is 9.52 Å². The highest BCUT2D eigenvalue weighted by Gasteiger charge is 2.22. The molecule has 0 saturated heterocycles. The van der Waals surface area contributed by atoms with Gasteiger partial charge in [-0.2, -0.15) is 0 Å². The molecule has 1 N–H and O–H groups in total. The first-order chi connectivity index (χ1) is 8.24. The Morgan fingerprint density at radius 3 is 2.82 bits per heavy atom. The summed E-state index contributed by atoms with van der Waals surface area (Å²) in [6, 6.07) is 1.60. The van der Waals surface area contributed by atoms with Gasteiger partial charge in [-0.05, 0) is 18.9 Å². The van der Waals surface area contributed by atoms with Crippen LogP contribution in [-0.2, 0) is 0 Å². The number of carboxylic acid groups (broad SMARTS) is 1. The topological polar surface area (TPSA) is 63.3 Å². The third-order valence-corrected chi connectivity index (χ3v) is 4.26. The molecule has 2 aromatic rings. The van der Waals surface area contributed by atoms with Crippen LogP contribution >= 0.6 is 11.3 Å². The van der Waals surface area contributed by atoms with Crippen LogP contribution in [0.2, 0.25) is 0 Å². The first-order valence-corrected chi connectivity index (χ1v) is 6.69. The number of nitrogens with zero attached hydrogens (tertiary/aromatic N) is 1. The Morgan fingerprint density at radius 2 is 2.18 bits per heavy atom. The lowest BCUT2D eigenvalue weighted by atomic mass is 9.89. The summed E-state index contributed by atoms with van der Waals surface area (Å²) in [5.41, 5.74) is 0.688. The quantitative estimate of drug-likeness (QED) is 0.885. The van der Waals surface area contributed by atoms with E-state index in [2.05, 4.69) is 4.98 Å². The smallest absolute Gasteiger partial charge is 0.346 e. The van der Waals surface area contributed by atoms with Gasteiger partial charge in [-0.25, -0.2) is 9.78 Å². The molecule has 5 heteroatoms. The van der Waals surface area contributed by atoms with E-state index in [1.54, 1.807) is 6.07 Å². The van der Waals surface area contributed by atoms with Gasteiger partial charge < -0.3 is 9.52 Å². The molecule has 90 valence electrons. The van der Waals surface area contributed by atoms with Crippen molar-refractivity contribution >= 4 is 27.7 Å². The average Bonchev–Trinajstić information content (AvgIpc) is 2.87. The zero-order valence-electron chi connectivity index (χ0n) is 9.31. The number of hydrogen-bond acceptors (Lipinski definition) is 4. The van der Waals surface area contributed by atoms with Gasteiger partial charge in [-0.1, -0.05) is 30.6 Å². The third kappa shape index (κ3) is 1.95. The van der Waals surface area contributed by atoms with Crippen LogP contribution in [0.4, 0.5) is 0 Å². The monoisotopic (exact) mass is 251 g/mol. The van der Waals surface area contributed by atoms with Crippen LogP contribution in [0.5, 0.6) is 0 Å². The molecule has 17 heavy (non-hydrogen) atoms. The van der Waals surface area contributed by atoms with E-state index >= 15 is 0 Å². The van der Waals surface area contributed by atoms with Crippen molar-refractivity contribution in [3.05, 3.63) is 16.8 Å². The Hall–Kier alpha value is -1.36. The van der Waals surface area contributed by atoms with Crippen LogP contribution in [-0.4, -0.2) is 16.1 Å². The normalized spacial score (nSPS) is 17.6. The van der Waals surface area contributed by atoms with Crippen molar-refractivity contribution in [2.45, 2.75) is 38.0 Å². The lowest BCUT2D eigenvalue weighted by Gasteiger charge is -2.17. The number of rotatable bonds is 2. The second-order valence-corrected chi connectivity index (χ2v) is 5.49. The number of carboxylic acids is 1. The number of fused-ring (bicyclic) bond motifs is 1. The Morgan fingerprint density at radius 1 is 1.41 bits per heavy atom. The van der Waals surface area contributed by atoms with Crippen LogP contribution in [0.25, 0.3) is 10.4 Å². The van der Waals surface area contributed by atoms with Crippen LogP contribution in [0.15, 0.2) is 10.5 Å². The SMILES string of the molecule is O=C(O)c1cc2nc(C3CCCCC3)oc2s1. The molecule has 0 radical (unpaired) electrons. The molecule has 1 saturated carbocycles. The zero-order chi connectivity index (χ0) is 11.8. The van der Waals surface area contributed by atoms with Gasteiger partial charge >= 0.3 is 5.97 Å². The highest BCUT2D eigenvalue weighted by molar-refractivity contribution is 7.20. The minimum atomic E-state index is -0.914. The zero-order valence-corrected chi connectivity index (χ0v) is 10.1. The van der Waals surface area contributed by atoms with E-state index in [1.165, 1.54) is 19.3 Å². The number of carbonyl (C=O) groups is 1. The van der Waals surface area contributed by atoms with Crippen molar-refractivity contribution in [3.63, 3.8) is 0 Å². The van der Waals surface area contributed by atoms with E-state index in [-0.39, 0.29) is 0 Å². The number of aromatic nitrogens is 1. The van der Waals surface area contributed by atoms with Crippen molar-refractivity contribution in [2.24, 2.45) is 0 Å². The van der Waals surface area contributed by atoms with E-state index in [1.807, 2.05) is 0 Å². The van der Waals surface area contributed by atoms with Crippen molar-refractivity contribution < 1.29 is 14.3 Å². The summed E-state index contributed by atoms with van der Waals surface area (Å²) >= 11 is 1.16. The van der Waals surface area contributed by atoms with Crippen LogP contribution in [0.3, 0.4) is 0 Å². The standard InChI is InChI=1S/C12H13NO3S/c14-11(15)9-6-8-12(17-9)16-10(13-8)7-4-2-1-3-5-7/h6-7H,1-5H2,(H,14,15). The number of thiophene rings is 1. The molecule has 0 amide bonds. The lowest BCUT2D eigenvalue weighted by molar-refractivity contribution is 0.0702. The van der Waals surface area contributed by atoms with Crippen LogP contribution in [0, 0.1) is 0 Å². The predicted molar refractivity (Wildman–Crippen MR) is 64.7 cm³/mol. The second kappa shape index (κ2) is 4.14. The summed E-state index contributed by atoms with van der Waals surface area (Å²) in [6.07, 6.45) is 6.05. The maximum atomic E-state index is 10.8. The van der Waals surface area contributed by atoms with Crippen molar-refractivity contribution in [1.82, 2.24) is 4.98 Å². The maximum Gasteiger partial charge on any atom is 0.346 e. The van der Waals surface area contributed by atoms with Gasteiger partial charge in [0.05, 0.1) is 0 Å². The van der Waals surface area contributed by atoms with Crippen LogP contribution < -0.4 is 0 Å². The van der Waals surface area contributed by atoms with E-state index < -0.39 is 5.97 Å². The summed E-state index contributed by atoms with van der Waals surface area (Å²) in [4.78, 5) is 16.2. The maximum absolute atomic E-state index is 10.8. The van der Waals surface area contributed by atoms with Crippen molar-refractivity contribution in [3.8, 4) is 0 Å². The molecule has 0 spiro atoms. The molecule has 0 unspecified atom stereocenters. The second-order valence-electron chi connectivity index (χ2n) is 4.48. The summed E-state index contributed by atoms with van der Waals surface area (Å²) in [5, 5.41) is 8.86. The largest absolute Gasteiger partial charge is 0.477 e. The molecule has 1 aliphatic rings. The van der Waals surface area contributed by atoms with Gasteiger partial charge in [0.25, 0.3) is 0 Å². The molecule has 0 aliphatic heterocycles. The molecule has 0 atom stereocenters. The van der Waals surface area contributed by atoms with Gasteiger partial charge in [-0.15, -0.1) is 0 Å². The molecular formula is C12H13NO3S. The Bertz CT molecular complexity index is 520. The van der Waals surface area contributed by atoms with Crippen molar-refractivity contribution in [1.29, 1.82) is 0 Å². The van der Waals surface area contributed by atoms with E-state index in [0.29, 0.717) is 21.2 Å². The fraction of sp³-hybridized carbons (Fsp3) is 0.500. The molecule has 1 fully saturated rings. The first kappa shape index (κ1) is 10.8. The number of oxazole rings is 1. The fourth-order valence-electron chi connectivity index (χ4n) is 2.38. The first-order valence-electron chi connectivity index (χ1n) is 5.87.